The van der Waals surface area contributed by atoms with E-state index in [1.54, 1.807) is 0 Å². The van der Waals surface area contributed by atoms with Gasteiger partial charge >= 0.3 is 5.69 Å². The number of halogens is 1. The maximum atomic E-state index is 13.6. The van der Waals surface area contributed by atoms with E-state index in [0.717, 1.165) is 6.07 Å². The molecule has 1 aromatic carbocycles. The third kappa shape index (κ3) is 3.73. The smallest absolute Gasteiger partial charge is 0.305 e. The third-order valence-electron chi connectivity index (χ3n) is 2.42. The van der Waals surface area contributed by atoms with E-state index in [4.69, 9.17) is 5.11 Å². The third-order valence-corrected chi connectivity index (χ3v) is 2.42. The van der Waals surface area contributed by atoms with Gasteiger partial charge in [0.05, 0.1) is 17.1 Å². The van der Waals surface area contributed by atoms with Crippen molar-refractivity contribution in [3.8, 4) is 0 Å². The monoisotopic (exact) mass is 258 g/mol. The van der Waals surface area contributed by atoms with Gasteiger partial charge in [-0.1, -0.05) is 12.1 Å². The lowest BCUT2D eigenvalue weighted by Gasteiger charge is -2.20. The van der Waals surface area contributed by atoms with Crippen molar-refractivity contribution in [3.63, 3.8) is 0 Å². The molecule has 0 bridgehead atoms. The van der Waals surface area contributed by atoms with E-state index in [1.807, 2.05) is 0 Å². The number of nitro groups is 1. The predicted octanol–water partition coefficient (Wildman–Crippen LogP) is 0.567. The Hall–Kier alpha value is -1.57. The number of aliphatic hydroxyl groups is 2. The zero-order valence-electron chi connectivity index (χ0n) is 9.89. The molecular formula is C11H15FN2O4. The summed E-state index contributed by atoms with van der Waals surface area (Å²) in [5, 5.41) is 31.6. The molecule has 0 aliphatic carbocycles. The van der Waals surface area contributed by atoms with Gasteiger partial charge < -0.3 is 15.5 Å². The molecule has 0 radical (unpaired) electrons. The maximum Gasteiger partial charge on any atom is 0.305 e. The van der Waals surface area contributed by atoms with Crippen molar-refractivity contribution < 1.29 is 19.5 Å². The van der Waals surface area contributed by atoms with E-state index >= 15 is 0 Å². The highest BCUT2D eigenvalue weighted by molar-refractivity contribution is 5.36. The zero-order chi connectivity index (χ0) is 13.8. The van der Waals surface area contributed by atoms with Gasteiger partial charge in [-0.05, 0) is 6.92 Å². The Labute approximate surface area is 103 Å². The number of nitrogens with zero attached hydrogens (tertiary/aromatic N) is 1. The molecule has 1 aromatic rings. The number of nitrogens with one attached hydrogen (secondary N) is 1. The second kappa shape index (κ2) is 5.85. The Kier molecular flexibility index (Phi) is 4.71. The first-order valence-electron chi connectivity index (χ1n) is 5.33. The first kappa shape index (κ1) is 14.5. The van der Waals surface area contributed by atoms with Crippen molar-refractivity contribution in [2.75, 3.05) is 13.2 Å². The zero-order valence-corrected chi connectivity index (χ0v) is 9.89. The molecule has 0 aliphatic heterocycles. The molecule has 0 aliphatic rings. The fourth-order valence-electron chi connectivity index (χ4n) is 1.37. The Morgan fingerprint density at radius 2 is 2.22 bits per heavy atom. The van der Waals surface area contributed by atoms with Crippen LogP contribution in [0.3, 0.4) is 0 Å². The van der Waals surface area contributed by atoms with Crippen LogP contribution in [0.1, 0.15) is 12.5 Å². The van der Waals surface area contributed by atoms with Crippen molar-refractivity contribution in [3.05, 3.63) is 39.7 Å². The standard InChI is InChI=1S/C11H15FN2O4/c1-11(16,7-15)6-13-5-8-3-2-4-9(10(8)12)14(17)18/h2-4,13,15-16H,5-7H2,1H3. The number of rotatable bonds is 6. The van der Waals surface area contributed by atoms with Crippen LogP contribution in [0.15, 0.2) is 18.2 Å². The fourth-order valence-corrected chi connectivity index (χ4v) is 1.37. The molecule has 0 saturated heterocycles. The summed E-state index contributed by atoms with van der Waals surface area (Å²) >= 11 is 0. The number of hydrogen-bond donors (Lipinski definition) is 3. The van der Waals surface area contributed by atoms with Gasteiger partial charge in [-0.2, -0.15) is 4.39 Å². The van der Waals surface area contributed by atoms with E-state index < -0.39 is 28.6 Å². The van der Waals surface area contributed by atoms with Gasteiger partial charge in [-0.15, -0.1) is 0 Å². The van der Waals surface area contributed by atoms with Crippen molar-refractivity contribution >= 4 is 5.69 Å². The largest absolute Gasteiger partial charge is 0.393 e. The van der Waals surface area contributed by atoms with E-state index in [1.165, 1.54) is 19.1 Å². The summed E-state index contributed by atoms with van der Waals surface area (Å²) in [4.78, 5) is 9.74. The van der Waals surface area contributed by atoms with Gasteiger partial charge in [-0.25, -0.2) is 0 Å². The van der Waals surface area contributed by atoms with E-state index in [9.17, 15) is 19.6 Å². The number of hydrogen-bond acceptors (Lipinski definition) is 5. The average Bonchev–Trinajstić information content (AvgIpc) is 2.31. The van der Waals surface area contributed by atoms with Crippen LogP contribution in [0, 0.1) is 15.9 Å². The highest BCUT2D eigenvalue weighted by atomic mass is 19.1. The molecule has 1 atom stereocenters. The van der Waals surface area contributed by atoms with Crippen LogP contribution in [0.5, 0.6) is 0 Å². The summed E-state index contributed by atoms with van der Waals surface area (Å²) in [6, 6.07) is 3.90. The molecule has 0 fully saturated rings. The second-order valence-corrected chi connectivity index (χ2v) is 4.27. The fraction of sp³-hybridized carbons (Fsp3) is 0.455. The minimum Gasteiger partial charge on any atom is -0.393 e. The quantitative estimate of drug-likeness (QED) is 0.512. The lowest BCUT2D eigenvalue weighted by Crippen LogP contribution is -2.40. The minimum absolute atomic E-state index is 0.0314. The molecule has 0 heterocycles. The Balaban J connectivity index is 2.69. The molecule has 0 spiro atoms. The average molecular weight is 258 g/mol. The minimum atomic E-state index is -1.31. The normalized spacial score (nSPS) is 14.2. The molecule has 7 heteroatoms. The molecule has 0 aromatic heterocycles. The number of nitro benzene ring substituents is 1. The molecule has 0 amide bonds. The van der Waals surface area contributed by atoms with E-state index in [0.29, 0.717) is 0 Å². The first-order valence-corrected chi connectivity index (χ1v) is 5.33. The van der Waals surface area contributed by atoms with Crippen molar-refractivity contribution in [2.45, 2.75) is 19.1 Å². The molecule has 6 nitrogen and oxygen atoms in total. The lowest BCUT2D eigenvalue weighted by molar-refractivity contribution is -0.387. The molecule has 1 rings (SSSR count). The van der Waals surface area contributed by atoms with Crippen molar-refractivity contribution in [1.82, 2.24) is 5.32 Å². The van der Waals surface area contributed by atoms with Crippen LogP contribution < -0.4 is 5.32 Å². The van der Waals surface area contributed by atoms with Gasteiger partial charge in [0.25, 0.3) is 0 Å². The summed E-state index contributed by atoms with van der Waals surface area (Å²) < 4.78 is 13.6. The SMILES string of the molecule is CC(O)(CO)CNCc1cccc([N+](=O)[O-])c1F. The summed E-state index contributed by atoms with van der Waals surface area (Å²) in [7, 11) is 0. The Morgan fingerprint density at radius 3 is 2.78 bits per heavy atom. The van der Waals surface area contributed by atoms with Crippen LogP contribution in [0.2, 0.25) is 0 Å². The van der Waals surface area contributed by atoms with E-state index in [2.05, 4.69) is 5.32 Å². The van der Waals surface area contributed by atoms with Gasteiger partial charge in [0.1, 0.15) is 0 Å². The van der Waals surface area contributed by atoms with Gasteiger partial charge in [0.2, 0.25) is 5.82 Å². The summed E-state index contributed by atoms with van der Waals surface area (Å²) in [6.07, 6.45) is 0. The van der Waals surface area contributed by atoms with Crippen LogP contribution >= 0.6 is 0 Å². The van der Waals surface area contributed by atoms with Crippen molar-refractivity contribution in [1.29, 1.82) is 0 Å². The number of benzene rings is 1. The van der Waals surface area contributed by atoms with Gasteiger partial charge in [-0.3, -0.25) is 10.1 Å². The molecule has 3 N–H and O–H groups in total. The Bertz CT molecular complexity index is 437. The first-order chi connectivity index (χ1) is 8.37. The maximum absolute atomic E-state index is 13.6. The predicted molar refractivity (Wildman–Crippen MR) is 62.5 cm³/mol. The van der Waals surface area contributed by atoms with Gasteiger partial charge in [0.15, 0.2) is 0 Å². The number of aliphatic hydroxyl groups excluding tert-OH is 1. The van der Waals surface area contributed by atoms with Crippen molar-refractivity contribution in [2.24, 2.45) is 0 Å². The molecule has 100 valence electrons. The highest BCUT2D eigenvalue weighted by Gasteiger charge is 2.20. The second-order valence-electron chi connectivity index (χ2n) is 4.27. The summed E-state index contributed by atoms with van der Waals surface area (Å²) in [5.41, 5.74) is -1.75. The summed E-state index contributed by atoms with van der Waals surface area (Å²) in [6.45, 7) is 1.07. The van der Waals surface area contributed by atoms with Crippen LogP contribution in [0.25, 0.3) is 0 Å². The lowest BCUT2D eigenvalue weighted by atomic mass is 10.1. The summed E-state index contributed by atoms with van der Waals surface area (Å²) in [5.74, 6) is -0.890. The molecule has 1 unspecified atom stereocenters. The molecule has 18 heavy (non-hydrogen) atoms. The van der Waals surface area contributed by atoms with Crippen LogP contribution in [0.4, 0.5) is 10.1 Å². The molecule has 0 saturated carbocycles. The van der Waals surface area contributed by atoms with E-state index in [-0.39, 0.29) is 18.7 Å². The highest BCUT2D eigenvalue weighted by Crippen LogP contribution is 2.19. The molecular weight excluding hydrogens is 243 g/mol. The van der Waals surface area contributed by atoms with Crippen LogP contribution in [-0.2, 0) is 6.54 Å². The topological polar surface area (TPSA) is 95.6 Å². The van der Waals surface area contributed by atoms with Crippen LogP contribution in [-0.4, -0.2) is 33.9 Å². The van der Waals surface area contributed by atoms with Gasteiger partial charge in [0, 0.05) is 24.7 Å². The Morgan fingerprint density at radius 1 is 1.56 bits per heavy atom.